The van der Waals surface area contributed by atoms with E-state index in [0.717, 1.165) is 4.88 Å². The molecule has 2 atom stereocenters. The molecule has 0 aliphatic heterocycles. The molecular weight excluding hydrogens is 563 g/mol. The van der Waals surface area contributed by atoms with E-state index in [2.05, 4.69) is 5.32 Å². The van der Waals surface area contributed by atoms with Crippen LogP contribution in [0.4, 0.5) is 13.2 Å². The van der Waals surface area contributed by atoms with Gasteiger partial charge in [-0.3, -0.25) is 15.0 Å². The van der Waals surface area contributed by atoms with Crippen molar-refractivity contribution in [3.63, 3.8) is 0 Å². The fourth-order valence-electron chi connectivity index (χ4n) is 2.92. The summed E-state index contributed by atoms with van der Waals surface area (Å²) in [7, 11) is 0. The van der Waals surface area contributed by atoms with Crippen molar-refractivity contribution in [2.75, 3.05) is 0 Å². The lowest BCUT2D eigenvalue weighted by molar-refractivity contribution is -0.192. The largest absolute Gasteiger partial charge is 0.490 e. The summed E-state index contributed by atoms with van der Waals surface area (Å²) in [6, 6.07) is 8.30. The Morgan fingerprint density at radius 3 is 2.10 bits per heavy atom. The second-order valence-electron chi connectivity index (χ2n) is 8.30. The summed E-state index contributed by atoms with van der Waals surface area (Å²) >= 11 is 1.28. The Balaban J connectivity index is 0.00000101. The molecule has 0 bridgehead atoms. The van der Waals surface area contributed by atoms with Crippen molar-refractivity contribution in [3.8, 4) is 5.75 Å². The van der Waals surface area contributed by atoms with Gasteiger partial charge in [0.2, 0.25) is 5.91 Å². The van der Waals surface area contributed by atoms with Crippen molar-refractivity contribution in [1.82, 2.24) is 5.32 Å². The first-order valence-corrected chi connectivity index (χ1v) is 12.1. The van der Waals surface area contributed by atoms with Gasteiger partial charge in [-0.25, -0.2) is 14.4 Å². The minimum atomic E-state index is -5.08. The van der Waals surface area contributed by atoms with Crippen molar-refractivity contribution < 1.29 is 57.2 Å². The average Bonchev–Trinajstić information content (AvgIpc) is 3.30. The number of benzene rings is 1. The van der Waals surface area contributed by atoms with Gasteiger partial charge in [0.15, 0.2) is 0 Å². The predicted molar refractivity (Wildman–Crippen MR) is 134 cm³/mol. The SMILES string of the molecule is CC(CCC(=O)N[C@@H](CC(=O)O)C(=O)O)Cc1ccc(C(=O)Oc2ccc(C(=N)N)cc2)s1.O=C(O)C(F)(F)F. The van der Waals surface area contributed by atoms with Gasteiger partial charge in [0, 0.05) is 16.9 Å². The number of carboxylic acids is 3. The molecule has 1 aromatic heterocycles. The number of rotatable bonds is 12. The molecule has 2 rings (SSSR count). The van der Waals surface area contributed by atoms with Gasteiger partial charge in [0.25, 0.3) is 0 Å². The van der Waals surface area contributed by atoms with Gasteiger partial charge < -0.3 is 31.1 Å². The number of aliphatic carboxylic acids is 3. The summed E-state index contributed by atoms with van der Waals surface area (Å²) in [5, 5.41) is 34.4. The number of nitrogen functional groups attached to an aromatic ring is 1. The molecular formula is C24H26F3N3O9S. The number of amides is 1. The maximum absolute atomic E-state index is 12.4. The van der Waals surface area contributed by atoms with Crippen LogP contribution in [0.5, 0.6) is 5.75 Å². The number of alkyl halides is 3. The molecule has 0 saturated heterocycles. The van der Waals surface area contributed by atoms with Crippen LogP contribution in [0.3, 0.4) is 0 Å². The highest BCUT2D eigenvalue weighted by Crippen LogP contribution is 2.24. The van der Waals surface area contributed by atoms with E-state index in [0.29, 0.717) is 29.0 Å². The third-order valence-electron chi connectivity index (χ3n) is 4.91. The average molecular weight is 590 g/mol. The summed E-state index contributed by atoms with van der Waals surface area (Å²) in [4.78, 5) is 56.3. The van der Waals surface area contributed by atoms with E-state index in [1.807, 2.05) is 13.0 Å². The first-order valence-electron chi connectivity index (χ1n) is 11.3. The highest BCUT2D eigenvalue weighted by molar-refractivity contribution is 7.13. The summed E-state index contributed by atoms with van der Waals surface area (Å²) in [6.07, 6.45) is -4.64. The second kappa shape index (κ2) is 15.2. The summed E-state index contributed by atoms with van der Waals surface area (Å²) in [5.74, 6) is -6.17. The zero-order valence-electron chi connectivity index (χ0n) is 20.9. The van der Waals surface area contributed by atoms with Crippen LogP contribution in [0.25, 0.3) is 0 Å². The quantitative estimate of drug-likeness (QED) is 0.0920. The Labute approximate surface area is 229 Å². The highest BCUT2D eigenvalue weighted by Gasteiger charge is 2.38. The molecule has 16 heteroatoms. The third kappa shape index (κ3) is 12.4. The zero-order valence-corrected chi connectivity index (χ0v) is 21.7. The first-order chi connectivity index (χ1) is 18.5. The number of nitrogens with one attached hydrogen (secondary N) is 2. The highest BCUT2D eigenvalue weighted by atomic mass is 32.1. The molecule has 12 nitrogen and oxygen atoms in total. The number of amidine groups is 1. The van der Waals surface area contributed by atoms with Gasteiger partial charge in [-0.1, -0.05) is 6.92 Å². The van der Waals surface area contributed by atoms with Gasteiger partial charge in [-0.05, 0) is 55.2 Å². The molecule has 1 heterocycles. The van der Waals surface area contributed by atoms with Gasteiger partial charge in [0.05, 0.1) is 6.42 Å². The summed E-state index contributed by atoms with van der Waals surface area (Å²) in [5.41, 5.74) is 5.92. The Hall–Kier alpha value is -4.47. The van der Waals surface area contributed by atoms with Crippen molar-refractivity contribution in [3.05, 3.63) is 51.7 Å². The molecule has 2 aromatic rings. The van der Waals surface area contributed by atoms with Crippen molar-refractivity contribution in [2.24, 2.45) is 11.7 Å². The smallest absolute Gasteiger partial charge is 0.481 e. The lowest BCUT2D eigenvalue weighted by Gasteiger charge is -2.14. The van der Waals surface area contributed by atoms with Gasteiger partial charge in [-0.15, -0.1) is 11.3 Å². The minimum Gasteiger partial charge on any atom is -0.481 e. The maximum Gasteiger partial charge on any atom is 0.490 e. The monoisotopic (exact) mass is 589 g/mol. The molecule has 1 amide bonds. The fraction of sp³-hybridized carbons (Fsp3) is 0.333. The number of nitrogens with two attached hydrogens (primary N) is 1. The number of halogens is 3. The minimum absolute atomic E-state index is 0.0566. The molecule has 7 N–H and O–H groups in total. The molecule has 0 fully saturated rings. The molecule has 0 saturated carbocycles. The number of hydrogen-bond donors (Lipinski definition) is 6. The number of hydrogen-bond acceptors (Lipinski definition) is 8. The van der Waals surface area contributed by atoms with Crippen LogP contribution in [0, 0.1) is 11.3 Å². The molecule has 0 aliphatic rings. The van der Waals surface area contributed by atoms with E-state index in [9.17, 15) is 32.3 Å². The van der Waals surface area contributed by atoms with Crippen molar-refractivity contribution in [1.29, 1.82) is 5.41 Å². The van der Waals surface area contributed by atoms with Crippen LogP contribution in [-0.4, -0.2) is 63.2 Å². The number of thiophene rings is 1. The summed E-state index contributed by atoms with van der Waals surface area (Å²) in [6.45, 7) is 1.92. The van der Waals surface area contributed by atoms with E-state index in [-0.39, 0.29) is 18.2 Å². The topological polar surface area (TPSA) is 217 Å². The second-order valence-corrected chi connectivity index (χ2v) is 9.47. The van der Waals surface area contributed by atoms with Gasteiger partial charge >= 0.3 is 30.1 Å². The van der Waals surface area contributed by atoms with Crippen LogP contribution in [0.15, 0.2) is 36.4 Å². The number of carbonyl (C=O) groups is 5. The lowest BCUT2D eigenvalue weighted by atomic mass is 10.0. The van der Waals surface area contributed by atoms with Crippen molar-refractivity contribution >= 4 is 47.0 Å². The molecule has 1 unspecified atom stereocenters. The zero-order chi connectivity index (χ0) is 30.6. The van der Waals surface area contributed by atoms with Gasteiger partial charge in [0.1, 0.15) is 22.5 Å². The van der Waals surface area contributed by atoms with E-state index in [4.69, 9.17) is 36.0 Å². The van der Waals surface area contributed by atoms with E-state index in [1.54, 1.807) is 30.3 Å². The van der Waals surface area contributed by atoms with Crippen LogP contribution in [0.1, 0.15) is 46.3 Å². The molecule has 1 aromatic carbocycles. The molecule has 0 radical (unpaired) electrons. The Kier molecular flexibility index (Phi) is 12.8. The first kappa shape index (κ1) is 33.6. The number of carboxylic acid groups (broad SMARTS) is 3. The maximum atomic E-state index is 12.4. The standard InChI is InChI=1S/C22H25N3O7S.C2HF3O2/c1-12(2-9-18(26)25-16(21(29)30)11-19(27)28)10-15-7-8-17(33-15)22(31)32-14-5-3-13(4-6-14)20(23)24;3-2(4,5)1(6)7/h3-8,12,16H,2,9-11H2,1H3,(H3,23,24)(H,25,26)(H,27,28)(H,29,30);(H,6,7)/t12?,16-;/m0./s1. The van der Waals surface area contributed by atoms with Crippen LogP contribution in [0.2, 0.25) is 0 Å². The lowest BCUT2D eigenvalue weighted by Crippen LogP contribution is -2.42. The van der Waals surface area contributed by atoms with Crippen LogP contribution in [-0.2, 0) is 25.6 Å². The number of carbonyl (C=O) groups excluding carboxylic acids is 2. The fourth-order valence-corrected chi connectivity index (χ4v) is 3.97. The Bertz CT molecular complexity index is 1230. The van der Waals surface area contributed by atoms with Crippen molar-refractivity contribution in [2.45, 2.75) is 44.8 Å². The molecule has 0 spiro atoms. The van der Waals surface area contributed by atoms with Crippen LogP contribution >= 0.6 is 11.3 Å². The van der Waals surface area contributed by atoms with E-state index >= 15 is 0 Å². The predicted octanol–water partition coefficient (Wildman–Crippen LogP) is 2.89. The number of esters is 1. The van der Waals surface area contributed by atoms with E-state index in [1.165, 1.54) is 11.3 Å². The number of ether oxygens (including phenoxy) is 1. The van der Waals surface area contributed by atoms with Gasteiger partial charge in [-0.2, -0.15) is 13.2 Å². The van der Waals surface area contributed by atoms with Crippen LogP contribution < -0.4 is 15.8 Å². The molecule has 0 aliphatic carbocycles. The Morgan fingerprint density at radius 2 is 1.62 bits per heavy atom. The Morgan fingerprint density at radius 1 is 1.05 bits per heavy atom. The normalized spacial score (nSPS) is 12.2. The third-order valence-corrected chi connectivity index (χ3v) is 5.99. The molecule has 40 heavy (non-hydrogen) atoms. The molecule has 218 valence electrons. The summed E-state index contributed by atoms with van der Waals surface area (Å²) < 4.78 is 37.1. The van der Waals surface area contributed by atoms with E-state index < -0.39 is 48.4 Å².